The molecule has 2 amide bonds. The van der Waals surface area contributed by atoms with Crippen LogP contribution < -0.4 is 5.32 Å². The molecule has 1 saturated heterocycles. The topological polar surface area (TPSA) is 112 Å². The predicted octanol–water partition coefficient (Wildman–Crippen LogP) is 3.54. The number of H-pyrrole nitrogens is 1. The van der Waals surface area contributed by atoms with E-state index in [2.05, 4.69) is 25.6 Å². The lowest BCUT2D eigenvalue weighted by molar-refractivity contribution is -0.141. The normalized spacial score (nSPS) is 22.0. The summed E-state index contributed by atoms with van der Waals surface area (Å²) in [5.74, 6) is 0. The van der Waals surface area contributed by atoms with Crippen molar-refractivity contribution in [2.24, 2.45) is 0 Å². The highest BCUT2D eigenvalue weighted by Gasteiger charge is 2.60. The Hall–Kier alpha value is -3.29. The molecule has 1 aliphatic carbocycles. The smallest absolute Gasteiger partial charge is 0.384 e. The van der Waals surface area contributed by atoms with Crippen LogP contribution >= 0.6 is 0 Å². The fraction of sp³-hybridized carbons (Fsp3) is 0.500. The maximum atomic E-state index is 13.3. The van der Waals surface area contributed by atoms with E-state index < -0.39 is 36.3 Å². The highest BCUT2D eigenvalue weighted by Crippen LogP contribution is 2.52. The molecule has 1 atom stereocenters. The van der Waals surface area contributed by atoms with Crippen molar-refractivity contribution in [1.29, 1.82) is 0 Å². The van der Waals surface area contributed by atoms with E-state index in [-0.39, 0.29) is 42.0 Å². The third-order valence-corrected chi connectivity index (χ3v) is 6.45. The van der Waals surface area contributed by atoms with Gasteiger partial charge in [-0.15, -0.1) is 0 Å². The number of pyridine rings is 1. The van der Waals surface area contributed by atoms with E-state index in [1.165, 1.54) is 29.6 Å². The summed E-state index contributed by atoms with van der Waals surface area (Å²) < 4.78 is 66.0. The summed E-state index contributed by atoms with van der Waals surface area (Å²) in [5.41, 5.74) is -2.01. The lowest BCUT2D eigenvalue weighted by Gasteiger charge is -2.44. The molecule has 0 bridgehead atoms. The molecular formula is C20H20F5N7O2. The summed E-state index contributed by atoms with van der Waals surface area (Å²) in [6.45, 7) is -1.31. The number of aliphatic hydroxyl groups is 1. The van der Waals surface area contributed by atoms with E-state index >= 15 is 0 Å². The highest BCUT2D eigenvalue weighted by atomic mass is 19.4. The quantitative estimate of drug-likeness (QED) is 0.490. The second-order valence-electron chi connectivity index (χ2n) is 8.84. The average molecular weight is 485 g/mol. The van der Waals surface area contributed by atoms with Gasteiger partial charge in [0.1, 0.15) is 17.8 Å². The molecule has 1 unspecified atom stereocenters. The molecule has 0 radical (unpaired) electrons. The van der Waals surface area contributed by atoms with Gasteiger partial charge in [0.2, 0.25) is 0 Å². The maximum Gasteiger partial charge on any atom is 0.408 e. The molecule has 4 heterocycles. The Morgan fingerprint density at radius 3 is 2.68 bits per heavy atom. The SMILES string of the molecule is O=C(Nc1cn[nH]c1-c1cc2c(cn1)cnn2CC(F)(F)F)N1CCC(O)(C(F)F)CC12CC2. The number of rotatable bonds is 4. The number of aromatic nitrogens is 5. The minimum absolute atomic E-state index is 0.0410. The molecule has 0 aromatic carbocycles. The number of halogens is 5. The molecule has 9 nitrogen and oxygen atoms in total. The first-order valence-corrected chi connectivity index (χ1v) is 10.5. The van der Waals surface area contributed by atoms with E-state index in [0.717, 1.165) is 4.68 Å². The van der Waals surface area contributed by atoms with E-state index in [4.69, 9.17) is 0 Å². The number of urea groups is 1. The van der Waals surface area contributed by atoms with Crippen molar-refractivity contribution in [3.63, 3.8) is 0 Å². The number of fused-ring (bicyclic) bond motifs is 1. The summed E-state index contributed by atoms with van der Waals surface area (Å²) >= 11 is 0. The van der Waals surface area contributed by atoms with Crippen molar-refractivity contribution in [2.75, 3.05) is 11.9 Å². The fourth-order valence-electron chi connectivity index (χ4n) is 4.55. The maximum absolute atomic E-state index is 13.3. The number of nitrogens with zero attached hydrogens (tertiary/aromatic N) is 5. The Morgan fingerprint density at radius 1 is 1.24 bits per heavy atom. The molecule has 3 aromatic heterocycles. The molecule has 1 spiro atoms. The molecule has 1 aliphatic heterocycles. The minimum atomic E-state index is -4.46. The van der Waals surface area contributed by atoms with Crippen LogP contribution in [0.4, 0.5) is 32.4 Å². The van der Waals surface area contributed by atoms with Gasteiger partial charge in [-0.2, -0.15) is 23.4 Å². The van der Waals surface area contributed by atoms with Crippen LogP contribution in [0.3, 0.4) is 0 Å². The largest absolute Gasteiger partial charge is 0.408 e. The number of carbonyl (C=O) groups is 1. The van der Waals surface area contributed by atoms with E-state index in [9.17, 15) is 31.9 Å². The fourth-order valence-corrected chi connectivity index (χ4v) is 4.55. The Kier molecular flexibility index (Phi) is 5.04. The molecule has 2 fully saturated rings. The van der Waals surface area contributed by atoms with Crippen molar-refractivity contribution < 1.29 is 31.9 Å². The van der Waals surface area contributed by atoms with Gasteiger partial charge in [0, 0.05) is 30.1 Å². The van der Waals surface area contributed by atoms with Crippen molar-refractivity contribution in [3.05, 3.63) is 24.7 Å². The number of amides is 2. The number of likely N-dealkylation sites (tertiary alicyclic amines) is 1. The second kappa shape index (κ2) is 7.61. The predicted molar refractivity (Wildman–Crippen MR) is 109 cm³/mol. The zero-order valence-corrected chi connectivity index (χ0v) is 17.6. The lowest BCUT2D eigenvalue weighted by atomic mass is 9.85. The first-order chi connectivity index (χ1) is 16.0. The summed E-state index contributed by atoms with van der Waals surface area (Å²) in [6, 6.07) is 0.864. The third kappa shape index (κ3) is 3.95. The van der Waals surface area contributed by atoms with Gasteiger partial charge in [-0.1, -0.05) is 0 Å². The first-order valence-electron chi connectivity index (χ1n) is 10.5. The highest BCUT2D eigenvalue weighted by molar-refractivity contribution is 5.94. The van der Waals surface area contributed by atoms with Crippen molar-refractivity contribution in [3.8, 4) is 11.4 Å². The van der Waals surface area contributed by atoms with Crippen molar-refractivity contribution >= 4 is 22.6 Å². The van der Waals surface area contributed by atoms with Gasteiger partial charge in [0.15, 0.2) is 0 Å². The van der Waals surface area contributed by atoms with Crippen LogP contribution in [0.2, 0.25) is 0 Å². The molecular weight excluding hydrogens is 465 g/mol. The van der Waals surface area contributed by atoms with E-state index in [1.54, 1.807) is 0 Å². The number of hydrogen-bond donors (Lipinski definition) is 3. The number of anilines is 1. The minimum Gasteiger partial charge on any atom is -0.384 e. The van der Waals surface area contributed by atoms with Crippen LogP contribution in [0.25, 0.3) is 22.3 Å². The zero-order valence-electron chi connectivity index (χ0n) is 17.6. The van der Waals surface area contributed by atoms with E-state index in [0.29, 0.717) is 18.2 Å². The molecule has 3 aromatic rings. The number of nitrogens with one attached hydrogen (secondary N) is 2. The lowest BCUT2D eigenvalue weighted by Crippen LogP contribution is -2.57. The molecule has 3 N–H and O–H groups in total. The van der Waals surface area contributed by atoms with Gasteiger partial charge in [0.25, 0.3) is 6.43 Å². The van der Waals surface area contributed by atoms with Crippen LogP contribution in [-0.4, -0.2) is 71.3 Å². The summed E-state index contributed by atoms with van der Waals surface area (Å²) in [5, 5.41) is 23.7. The van der Waals surface area contributed by atoms with Crippen LogP contribution in [0.15, 0.2) is 24.7 Å². The number of carbonyl (C=O) groups excluding carboxylic acids is 1. The Labute approximate surface area is 188 Å². The van der Waals surface area contributed by atoms with Crippen LogP contribution in [-0.2, 0) is 6.54 Å². The molecule has 5 rings (SSSR count). The monoisotopic (exact) mass is 485 g/mol. The van der Waals surface area contributed by atoms with Gasteiger partial charge in [-0.05, 0) is 25.3 Å². The van der Waals surface area contributed by atoms with Gasteiger partial charge < -0.3 is 15.3 Å². The van der Waals surface area contributed by atoms with Crippen molar-refractivity contribution in [2.45, 2.75) is 56.0 Å². The molecule has 1 saturated carbocycles. The van der Waals surface area contributed by atoms with Crippen LogP contribution in [0.5, 0.6) is 0 Å². The summed E-state index contributed by atoms with van der Waals surface area (Å²) in [4.78, 5) is 18.7. The standard InChI is InChI=1S/C20H20F5N7O2/c21-16(22)19(34)3-4-31(18(9-19)1-2-18)17(33)29-13-8-27-30-15(13)12-5-14-11(6-26-12)7-28-32(14)10-20(23,24)25/h5-8,16,34H,1-4,9-10H2,(H,27,30)(H,29,33). The number of piperidine rings is 1. The first kappa shape index (κ1) is 22.5. The van der Waals surface area contributed by atoms with Gasteiger partial charge in [0.05, 0.1) is 29.3 Å². The van der Waals surface area contributed by atoms with Gasteiger partial charge >= 0.3 is 12.2 Å². The number of aromatic amines is 1. The summed E-state index contributed by atoms with van der Waals surface area (Å²) in [6.07, 6.45) is -2.83. The van der Waals surface area contributed by atoms with Crippen LogP contribution in [0.1, 0.15) is 25.7 Å². The Bertz CT molecular complexity index is 1240. The van der Waals surface area contributed by atoms with Crippen molar-refractivity contribution in [1.82, 2.24) is 29.9 Å². The third-order valence-electron chi connectivity index (χ3n) is 6.45. The van der Waals surface area contributed by atoms with Gasteiger partial charge in [-0.25, -0.2) is 13.6 Å². The van der Waals surface area contributed by atoms with Gasteiger partial charge in [-0.3, -0.25) is 14.8 Å². The number of alkyl halides is 5. The Morgan fingerprint density at radius 2 is 2.00 bits per heavy atom. The van der Waals surface area contributed by atoms with Crippen LogP contribution in [0, 0.1) is 0 Å². The molecule has 182 valence electrons. The Balaban J connectivity index is 1.38. The zero-order chi connectivity index (χ0) is 24.3. The second-order valence-corrected chi connectivity index (χ2v) is 8.84. The molecule has 2 aliphatic rings. The summed E-state index contributed by atoms with van der Waals surface area (Å²) in [7, 11) is 0. The average Bonchev–Trinajstić information content (AvgIpc) is 3.17. The molecule has 34 heavy (non-hydrogen) atoms. The van der Waals surface area contributed by atoms with E-state index in [1.807, 2.05) is 0 Å². The molecule has 14 heteroatoms. The number of hydrogen-bond acceptors (Lipinski definition) is 5.